The molecule has 0 aliphatic rings. The molecule has 130 valence electrons. The van der Waals surface area contributed by atoms with Crippen molar-refractivity contribution in [3.63, 3.8) is 0 Å². The summed E-state index contributed by atoms with van der Waals surface area (Å²) in [5, 5.41) is 0.743. The maximum Gasteiger partial charge on any atom is 0.125 e. The smallest absolute Gasteiger partial charge is 0.125 e. The van der Waals surface area contributed by atoms with Crippen LogP contribution in [0.15, 0.2) is 83.8 Å². The minimum absolute atomic E-state index is 0.0606. The molecule has 26 heavy (non-hydrogen) atoms. The summed E-state index contributed by atoms with van der Waals surface area (Å²) in [5.74, 6) is 0.941. The Kier molecular flexibility index (Phi) is 5.25. The van der Waals surface area contributed by atoms with Gasteiger partial charge in [0.1, 0.15) is 5.82 Å². The number of fused-ring (bicyclic) bond motifs is 1. The Morgan fingerprint density at radius 2 is 1.65 bits per heavy atom. The second-order valence-electron chi connectivity index (χ2n) is 6.06. The van der Waals surface area contributed by atoms with Crippen LogP contribution in [0.4, 0.5) is 0 Å². The first-order chi connectivity index (χ1) is 12.8. The second-order valence-corrected chi connectivity index (χ2v) is 7.40. The lowest BCUT2D eigenvalue weighted by Gasteiger charge is -2.16. The van der Waals surface area contributed by atoms with Crippen molar-refractivity contribution in [3.05, 3.63) is 95.3 Å². The van der Waals surface area contributed by atoms with E-state index in [0.717, 1.165) is 33.2 Å². The van der Waals surface area contributed by atoms with E-state index in [0.29, 0.717) is 0 Å². The highest BCUT2D eigenvalue weighted by Gasteiger charge is 2.17. The summed E-state index contributed by atoms with van der Waals surface area (Å²) in [6.07, 6.45) is 0.848. The van der Waals surface area contributed by atoms with Crippen molar-refractivity contribution in [2.75, 3.05) is 0 Å². The SMILES string of the molecule is Clc1ccc(SNC(Cc2ccccc2)c2nc3ccccc3[nH]2)cc1. The van der Waals surface area contributed by atoms with E-state index in [9.17, 15) is 0 Å². The molecule has 2 N–H and O–H groups in total. The maximum atomic E-state index is 5.98. The van der Waals surface area contributed by atoms with Crippen molar-refractivity contribution in [3.8, 4) is 0 Å². The van der Waals surface area contributed by atoms with Gasteiger partial charge < -0.3 is 4.98 Å². The minimum Gasteiger partial charge on any atom is -0.341 e. The van der Waals surface area contributed by atoms with Crippen LogP contribution in [0.2, 0.25) is 5.02 Å². The van der Waals surface area contributed by atoms with Crippen LogP contribution in [0.3, 0.4) is 0 Å². The topological polar surface area (TPSA) is 40.7 Å². The van der Waals surface area contributed by atoms with Gasteiger partial charge in [-0.1, -0.05) is 54.1 Å². The molecule has 1 unspecified atom stereocenters. The van der Waals surface area contributed by atoms with Gasteiger partial charge in [0.05, 0.1) is 17.1 Å². The average molecular weight is 380 g/mol. The summed E-state index contributed by atoms with van der Waals surface area (Å²) < 4.78 is 3.56. The Balaban J connectivity index is 1.59. The van der Waals surface area contributed by atoms with E-state index in [1.807, 2.05) is 48.5 Å². The molecule has 0 aliphatic carbocycles. The number of para-hydroxylation sites is 2. The van der Waals surface area contributed by atoms with Crippen LogP contribution in [0.25, 0.3) is 11.0 Å². The van der Waals surface area contributed by atoms with Gasteiger partial charge >= 0.3 is 0 Å². The molecule has 0 aliphatic heterocycles. The summed E-state index contributed by atoms with van der Waals surface area (Å²) in [7, 11) is 0. The molecule has 0 amide bonds. The first-order valence-corrected chi connectivity index (χ1v) is 9.64. The third-order valence-corrected chi connectivity index (χ3v) is 5.32. The predicted molar refractivity (Wildman–Crippen MR) is 109 cm³/mol. The third-order valence-electron chi connectivity index (χ3n) is 4.15. The van der Waals surface area contributed by atoms with Crippen molar-refractivity contribution in [1.29, 1.82) is 0 Å². The summed E-state index contributed by atoms with van der Waals surface area (Å²) in [4.78, 5) is 9.35. The Hall–Kier alpha value is -2.27. The standard InChI is InChI=1S/C21H18ClN3S/c22-16-10-12-17(13-11-16)26-25-20(14-15-6-2-1-3-7-15)21-23-18-8-4-5-9-19(18)24-21/h1-13,20,25H,14H2,(H,23,24). The van der Waals surface area contributed by atoms with Crippen LogP contribution in [0.1, 0.15) is 17.4 Å². The van der Waals surface area contributed by atoms with Crippen LogP contribution in [-0.4, -0.2) is 9.97 Å². The number of benzene rings is 3. The number of H-pyrrole nitrogens is 1. The van der Waals surface area contributed by atoms with Crippen molar-refractivity contribution in [2.45, 2.75) is 17.4 Å². The number of rotatable bonds is 6. The van der Waals surface area contributed by atoms with Gasteiger partial charge in [-0.2, -0.15) is 0 Å². The molecule has 0 saturated carbocycles. The Bertz CT molecular complexity index is 950. The number of nitrogens with zero attached hydrogens (tertiary/aromatic N) is 1. The van der Waals surface area contributed by atoms with Crippen LogP contribution in [-0.2, 0) is 6.42 Å². The molecule has 0 spiro atoms. The maximum absolute atomic E-state index is 5.98. The highest BCUT2D eigenvalue weighted by atomic mass is 35.5. The van der Waals surface area contributed by atoms with E-state index < -0.39 is 0 Å². The predicted octanol–water partition coefficient (Wildman–Crippen LogP) is 5.80. The molecule has 4 aromatic rings. The van der Waals surface area contributed by atoms with Gasteiger partial charge in [0.2, 0.25) is 0 Å². The summed E-state index contributed by atoms with van der Waals surface area (Å²) in [6, 6.07) is 26.5. The quantitative estimate of drug-likeness (QED) is 0.416. The number of hydrogen-bond acceptors (Lipinski definition) is 3. The fourth-order valence-corrected chi connectivity index (χ4v) is 3.69. The molecule has 3 aromatic carbocycles. The van der Waals surface area contributed by atoms with Gasteiger partial charge in [-0.3, -0.25) is 0 Å². The molecular weight excluding hydrogens is 362 g/mol. The molecule has 1 aromatic heterocycles. The van der Waals surface area contributed by atoms with Crippen LogP contribution in [0.5, 0.6) is 0 Å². The Morgan fingerprint density at radius 1 is 0.923 bits per heavy atom. The molecule has 0 radical (unpaired) electrons. The molecule has 0 saturated heterocycles. The van der Waals surface area contributed by atoms with Crippen LogP contribution < -0.4 is 4.72 Å². The molecule has 4 rings (SSSR count). The summed E-state index contributed by atoms with van der Waals surface area (Å²) in [6.45, 7) is 0. The van der Waals surface area contributed by atoms with Gasteiger partial charge in [-0.05, 0) is 60.3 Å². The van der Waals surface area contributed by atoms with Crippen molar-refractivity contribution in [2.24, 2.45) is 0 Å². The number of aromatic amines is 1. The normalized spacial score (nSPS) is 12.3. The highest BCUT2D eigenvalue weighted by molar-refractivity contribution is 7.97. The largest absolute Gasteiger partial charge is 0.341 e. The molecule has 5 heteroatoms. The molecule has 1 heterocycles. The Labute approximate surface area is 161 Å². The van der Waals surface area contributed by atoms with Gasteiger partial charge in [-0.15, -0.1) is 0 Å². The van der Waals surface area contributed by atoms with E-state index in [4.69, 9.17) is 16.6 Å². The van der Waals surface area contributed by atoms with E-state index in [1.165, 1.54) is 5.56 Å². The number of hydrogen-bond donors (Lipinski definition) is 2. The lowest BCUT2D eigenvalue weighted by atomic mass is 10.1. The van der Waals surface area contributed by atoms with Crippen molar-refractivity contribution >= 4 is 34.6 Å². The number of nitrogens with one attached hydrogen (secondary N) is 2. The molecule has 0 fully saturated rings. The van der Waals surface area contributed by atoms with Crippen molar-refractivity contribution < 1.29 is 0 Å². The van der Waals surface area contributed by atoms with Crippen LogP contribution in [0, 0.1) is 0 Å². The lowest BCUT2D eigenvalue weighted by molar-refractivity contribution is 0.636. The first-order valence-electron chi connectivity index (χ1n) is 8.44. The first kappa shape index (κ1) is 17.2. The van der Waals surface area contributed by atoms with E-state index >= 15 is 0 Å². The fraction of sp³-hybridized carbons (Fsp3) is 0.0952. The minimum atomic E-state index is 0.0606. The zero-order chi connectivity index (χ0) is 17.8. The van der Waals surface area contributed by atoms with Gasteiger partial charge in [-0.25, -0.2) is 9.71 Å². The zero-order valence-electron chi connectivity index (χ0n) is 14.0. The number of aromatic nitrogens is 2. The van der Waals surface area contributed by atoms with E-state index in [1.54, 1.807) is 11.9 Å². The van der Waals surface area contributed by atoms with Gasteiger partial charge in [0.25, 0.3) is 0 Å². The average Bonchev–Trinajstić information content (AvgIpc) is 3.11. The zero-order valence-corrected chi connectivity index (χ0v) is 15.6. The van der Waals surface area contributed by atoms with Crippen LogP contribution >= 0.6 is 23.5 Å². The number of halogens is 1. The summed E-state index contributed by atoms with van der Waals surface area (Å²) in [5.41, 5.74) is 3.31. The lowest BCUT2D eigenvalue weighted by Crippen LogP contribution is -2.18. The monoisotopic (exact) mass is 379 g/mol. The van der Waals surface area contributed by atoms with Gasteiger partial charge in [0, 0.05) is 9.92 Å². The number of imidazole rings is 1. The van der Waals surface area contributed by atoms with Crippen molar-refractivity contribution in [1.82, 2.24) is 14.7 Å². The fourth-order valence-electron chi connectivity index (χ4n) is 2.82. The second kappa shape index (κ2) is 7.96. The van der Waals surface area contributed by atoms with E-state index in [-0.39, 0.29) is 6.04 Å². The summed E-state index contributed by atoms with van der Waals surface area (Å²) >= 11 is 7.57. The third kappa shape index (κ3) is 4.10. The molecule has 3 nitrogen and oxygen atoms in total. The van der Waals surface area contributed by atoms with E-state index in [2.05, 4.69) is 40.0 Å². The van der Waals surface area contributed by atoms with Gasteiger partial charge in [0.15, 0.2) is 0 Å². The molecular formula is C21H18ClN3S. The Morgan fingerprint density at radius 3 is 2.42 bits per heavy atom. The highest BCUT2D eigenvalue weighted by Crippen LogP contribution is 2.25. The molecule has 1 atom stereocenters. The molecule has 0 bridgehead atoms.